The number of fused-ring (bicyclic) bond motifs is 2. The molecular weight excluding hydrogens is 480 g/mol. The Hall–Kier alpha value is -2.82. The van der Waals surface area contributed by atoms with E-state index in [1.165, 1.54) is 29.4 Å². The van der Waals surface area contributed by atoms with Gasteiger partial charge < -0.3 is 20.5 Å². The standard InChI is InChI=1S/C24H26ClF2N5O3/c25-13-9-29-23(30-10-13)17-11-31(12-18(17)28)24(34)16-3-1-14(26)7-20(16)35-21-8-15-2-4-19(22(21)27)32(15)5-6-33/h1,3,7,9-10,15,19,21-22,33H,2,4-6,8,11-12,28H2/t15-,19+,21+,22?/m0/s1. The molecule has 1 aromatic carbocycles. The van der Waals surface area contributed by atoms with E-state index in [-0.39, 0.29) is 43.1 Å². The summed E-state index contributed by atoms with van der Waals surface area (Å²) >= 11 is 5.86. The van der Waals surface area contributed by atoms with Crippen LogP contribution in [0.3, 0.4) is 0 Å². The number of aliphatic hydroxyl groups excluding tert-OH is 1. The maximum atomic E-state index is 15.4. The predicted molar refractivity (Wildman–Crippen MR) is 125 cm³/mol. The first kappa shape index (κ1) is 23.9. The Labute approximate surface area is 206 Å². The predicted octanol–water partition coefficient (Wildman–Crippen LogP) is 2.41. The van der Waals surface area contributed by atoms with Gasteiger partial charge in [0.1, 0.15) is 17.7 Å². The minimum Gasteiger partial charge on any atom is -0.486 e. The Morgan fingerprint density at radius 3 is 2.77 bits per heavy atom. The van der Waals surface area contributed by atoms with Gasteiger partial charge in [-0.2, -0.15) is 0 Å². The fourth-order valence-electron chi connectivity index (χ4n) is 5.36. The van der Waals surface area contributed by atoms with E-state index in [0.29, 0.717) is 41.5 Å². The fraction of sp³-hybridized carbons (Fsp3) is 0.458. The van der Waals surface area contributed by atoms with Gasteiger partial charge in [-0.15, -0.1) is 0 Å². The van der Waals surface area contributed by atoms with Crippen LogP contribution in [0.15, 0.2) is 36.3 Å². The van der Waals surface area contributed by atoms with E-state index < -0.39 is 24.0 Å². The first-order valence-corrected chi connectivity index (χ1v) is 11.9. The molecule has 0 aliphatic carbocycles. The van der Waals surface area contributed by atoms with Crippen molar-refractivity contribution < 1.29 is 23.4 Å². The van der Waals surface area contributed by atoms with Crippen molar-refractivity contribution in [1.82, 2.24) is 19.8 Å². The van der Waals surface area contributed by atoms with Gasteiger partial charge in [0, 0.05) is 54.8 Å². The first-order chi connectivity index (χ1) is 16.9. The summed E-state index contributed by atoms with van der Waals surface area (Å²) < 4.78 is 35.5. The molecule has 8 nitrogen and oxygen atoms in total. The van der Waals surface area contributed by atoms with Gasteiger partial charge in [0.05, 0.1) is 30.3 Å². The van der Waals surface area contributed by atoms with Crippen molar-refractivity contribution in [1.29, 1.82) is 0 Å². The second-order valence-corrected chi connectivity index (χ2v) is 9.56. The average molecular weight is 506 g/mol. The van der Waals surface area contributed by atoms with E-state index in [4.69, 9.17) is 22.1 Å². The highest BCUT2D eigenvalue weighted by atomic mass is 35.5. The highest BCUT2D eigenvalue weighted by Crippen LogP contribution is 2.39. The smallest absolute Gasteiger partial charge is 0.258 e. The number of halogens is 3. The van der Waals surface area contributed by atoms with Gasteiger partial charge in [0.25, 0.3) is 5.91 Å². The third kappa shape index (κ3) is 4.57. The number of hydrogen-bond donors (Lipinski definition) is 2. The van der Waals surface area contributed by atoms with Crippen LogP contribution in [0.25, 0.3) is 5.57 Å². The minimum absolute atomic E-state index is 0.00687. The Bertz CT molecular complexity index is 1150. The topological polar surface area (TPSA) is 105 Å². The molecule has 1 aromatic heterocycles. The van der Waals surface area contributed by atoms with E-state index in [1.807, 2.05) is 4.90 Å². The lowest BCUT2D eigenvalue weighted by Crippen LogP contribution is -2.54. The molecule has 0 saturated carbocycles. The lowest BCUT2D eigenvalue weighted by atomic mass is 9.97. The molecule has 35 heavy (non-hydrogen) atoms. The summed E-state index contributed by atoms with van der Waals surface area (Å²) in [5, 5.41) is 9.70. The van der Waals surface area contributed by atoms with Crippen LogP contribution in [0.5, 0.6) is 5.75 Å². The van der Waals surface area contributed by atoms with Crippen molar-refractivity contribution >= 4 is 23.1 Å². The molecule has 4 heterocycles. The third-order valence-corrected chi connectivity index (χ3v) is 7.20. The molecule has 186 valence electrons. The van der Waals surface area contributed by atoms with Crippen molar-refractivity contribution in [3.8, 4) is 5.75 Å². The number of nitrogens with two attached hydrogens (primary N) is 1. The number of benzene rings is 1. The second kappa shape index (κ2) is 9.67. The van der Waals surface area contributed by atoms with Crippen LogP contribution >= 0.6 is 11.6 Å². The van der Waals surface area contributed by atoms with Crippen LogP contribution in [0, 0.1) is 5.82 Å². The molecule has 3 aliphatic heterocycles. The summed E-state index contributed by atoms with van der Waals surface area (Å²) in [4.78, 5) is 25.2. The number of alkyl halides is 1. The fourth-order valence-corrected chi connectivity index (χ4v) is 5.46. The molecule has 3 aliphatic rings. The molecule has 3 N–H and O–H groups in total. The van der Waals surface area contributed by atoms with Gasteiger partial charge in [0.15, 0.2) is 12.0 Å². The van der Waals surface area contributed by atoms with E-state index in [2.05, 4.69) is 9.97 Å². The summed E-state index contributed by atoms with van der Waals surface area (Å²) in [7, 11) is 0. The molecule has 0 radical (unpaired) electrons. The lowest BCUT2D eigenvalue weighted by molar-refractivity contribution is -0.0278. The van der Waals surface area contributed by atoms with Crippen LogP contribution in [0.2, 0.25) is 5.02 Å². The average Bonchev–Trinajstić information content (AvgIpc) is 3.37. The number of carbonyl (C=O) groups excluding carboxylic acids is 1. The van der Waals surface area contributed by atoms with Crippen molar-refractivity contribution in [3.05, 3.63) is 58.5 Å². The molecule has 0 spiro atoms. The molecular formula is C24H26ClF2N5O3. The SMILES string of the molecule is NC1=C(c2ncc(Cl)cn2)CN(C(=O)c2ccc(F)cc2O[C@@H]2C[C@@H]3CC[C@H](C2F)N3CCO)C1. The van der Waals surface area contributed by atoms with Crippen molar-refractivity contribution in [2.24, 2.45) is 5.73 Å². The van der Waals surface area contributed by atoms with Crippen molar-refractivity contribution in [2.75, 3.05) is 26.2 Å². The number of aliphatic hydroxyl groups is 1. The molecule has 2 fully saturated rings. The second-order valence-electron chi connectivity index (χ2n) is 9.13. The summed E-state index contributed by atoms with van der Waals surface area (Å²) in [5.41, 5.74) is 7.36. The zero-order valence-corrected chi connectivity index (χ0v) is 19.7. The number of rotatable bonds is 6. The Kier molecular flexibility index (Phi) is 6.61. The Morgan fingerprint density at radius 2 is 2.03 bits per heavy atom. The highest BCUT2D eigenvalue weighted by molar-refractivity contribution is 6.30. The van der Waals surface area contributed by atoms with Gasteiger partial charge in [0.2, 0.25) is 0 Å². The van der Waals surface area contributed by atoms with Crippen molar-refractivity contribution in [3.63, 3.8) is 0 Å². The van der Waals surface area contributed by atoms with E-state index in [9.17, 15) is 14.3 Å². The Morgan fingerprint density at radius 1 is 1.26 bits per heavy atom. The third-order valence-electron chi connectivity index (χ3n) is 7.00. The van der Waals surface area contributed by atoms with Gasteiger partial charge >= 0.3 is 0 Å². The van der Waals surface area contributed by atoms with E-state index in [0.717, 1.165) is 12.5 Å². The minimum atomic E-state index is -1.32. The van der Waals surface area contributed by atoms with Crippen LogP contribution in [-0.4, -0.2) is 81.4 Å². The quantitative estimate of drug-likeness (QED) is 0.621. The molecule has 2 saturated heterocycles. The summed E-state index contributed by atoms with van der Waals surface area (Å²) in [5.74, 6) is -0.611. The molecule has 1 amide bonds. The monoisotopic (exact) mass is 505 g/mol. The molecule has 1 unspecified atom stereocenters. The number of carbonyl (C=O) groups is 1. The van der Waals surface area contributed by atoms with Crippen LogP contribution in [-0.2, 0) is 0 Å². The van der Waals surface area contributed by atoms with E-state index in [1.54, 1.807) is 0 Å². The summed E-state index contributed by atoms with van der Waals surface area (Å²) in [6, 6.07) is 3.38. The van der Waals surface area contributed by atoms with Gasteiger partial charge in [-0.05, 0) is 25.0 Å². The maximum Gasteiger partial charge on any atom is 0.258 e. The number of nitrogens with zero attached hydrogens (tertiary/aromatic N) is 4. The van der Waals surface area contributed by atoms with Gasteiger partial charge in [-0.25, -0.2) is 18.7 Å². The summed E-state index contributed by atoms with van der Waals surface area (Å²) in [6.07, 6.45) is 2.67. The molecule has 2 aromatic rings. The number of amides is 1. The normalized spacial score (nSPS) is 26.5. The zero-order chi connectivity index (χ0) is 24.7. The summed E-state index contributed by atoms with van der Waals surface area (Å²) in [6.45, 7) is 0.685. The Balaban J connectivity index is 1.34. The number of aromatic nitrogens is 2. The highest BCUT2D eigenvalue weighted by Gasteiger charge is 2.48. The van der Waals surface area contributed by atoms with Crippen LogP contribution in [0.1, 0.15) is 35.4 Å². The number of hydrogen-bond acceptors (Lipinski definition) is 7. The van der Waals surface area contributed by atoms with E-state index >= 15 is 4.39 Å². The van der Waals surface area contributed by atoms with Crippen LogP contribution < -0.4 is 10.5 Å². The largest absolute Gasteiger partial charge is 0.486 e. The van der Waals surface area contributed by atoms with Gasteiger partial charge in [-0.1, -0.05) is 11.6 Å². The first-order valence-electron chi connectivity index (χ1n) is 11.6. The zero-order valence-electron chi connectivity index (χ0n) is 18.9. The molecule has 2 bridgehead atoms. The lowest BCUT2D eigenvalue weighted by Gasteiger charge is -2.41. The number of ether oxygens (including phenoxy) is 1. The molecule has 5 rings (SSSR count). The van der Waals surface area contributed by atoms with Crippen molar-refractivity contribution in [2.45, 2.75) is 43.6 Å². The maximum absolute atomic E-state index is 15.4. The van der Waals surface area contributed by atoms with Crippen LogP contribution in [0.4, 0.5) is 8.78 Å². The molecule has 4 atom stereocenters. The molecule has 11 heteroatoms. The number of piperidine rings is 1. The van der Waals surface area contributed by atoms with Gasteiger partial charge in [-0.3, -0.25) is 9.69 Å².